The van der Waals surface area contributed by atoms with Gasteiger partial charge >= 0.3 is 0 Å². The van der Waals surface area contributed by atoms with Crippen molar-refractivity contribution in [1.82, 2.24) is 9.88 Å². The summed E-state index contributed by atoms with van der Waals surface area (Å²) < 4.78 is 0. The maximum absolute atomic E-state index is 12.4. The van der Waals surface area contributed by atoms with Gasteiger partial charge < -0.3 is 10.0 Å². The first-order valence-electron chi connectivity index (χ1n) is 6.70. The quantitative estimate of drug-likeness (QED) is 0.806. The van der Waals surface area contributed by atoms with Crippen molar-refractivity contribution in [1.29, 1.82) is 0 Å². The van der Waals surface area contributed by atoms with Gasteiger partial charge in [0.1, 0.15) is 12.3 Å². The van der Waals surface area contributed by atoms with Crippen LogP contribution in [0.4, 0.5) is 0 Å². The number of amides is 1. The molecular weight excluding hydrogens is 264 g/mol. The Morgan fingerprint density at radius 2 is 1.90 bits per heavy atom. The molecule has 0 atom stereocenters. The lowest BCUT2D eigenvalue weighted by Gasteiger charge is -2.14. The Morgan fingerprint density at radius 1 is 1.19 bits per heavy atom. The number of carbonyl (C=O) groups excluding carboxylic acids is 1. The number of pyridine rings is 1. The Labute approximate surface area is 123 Å². The van der Waals surface area contributed by atoms with Crippen molar-refractivity contribution in [2.45, 2.75) is 13.1 Å². The van der Waals surface area contributed by atoms with Crippen LogP contribution in [0.1, 0.15) is 27.2 Å². The van der Waals surface area contributed by atoms with E-state index in [-0.39, 0.29) is 12.5 Å². The van der Waals surface area contributed by atoms with Crippen LogP contribution in [0, 0.1) is 11.8 Å². The summed E-state index contributed by atoms with van der Waals surface area (Å²) in [6.07, 6.45) is 1.55. The van der Waals surface area contributed by atoms with E-state index in [2.05, 4.69) is 16.8 Å². The lowest BCUT2D eigenvalue weighted by molar-refractivity contribution is 0.0745. The van der Waals surface area contributed by atoms with Crippen molar-refractivity contribution in [3.8, 4) is 11.8 Å². The Balaban J connectivity index is 1.75. The lowest BCUT2D eigenvalue weighted by Crippen LogP contribution is -2.26. The first kappa shape index (κ1) is 13.3. The van der Waals surface area contributed by atoms with Crippen LogP contribution in [0.25, 0.3) is 0 Å². The number of aromatic nitrogens is 1. The molecular formula is C17H14N2O2. The molecule has 0 aliphatic carbocycles. The molecule has 0 radical (unpaired) electrons. The van der Waals surface area contributed by atoms with E-state index in [9.17, 15) is 4.79 Å². The minimum atomic E-state index is -0.188. The molecule has 0 saturated carbocycles. The highest BCUT2D eigenvalue weighted by Gasteiger charge is 2.24. The van der Waals surface area contributed by atoms with Crippen LogP contribution in [0.15, 0.2) is 42.6 Å². The van der Waals surface area contributed by atoms with Crippen LogP contribution in [-0.2, 0) is 13.1 Å². The number of benzene rings is 1. The summed E-state index contributed by atoms with van der Waals surface area (Å²) in [4.78, 5) is 18.4. The van der Waals surface area contributed by atoms with Gasteiger partial charge in [0, 0.05) is 24.8 Å². The van der Waals surface area contributed by atoms with E-state index >= 15 is 0 Å². The van der Waals surface area contributed by atoms with Gasteiger partial charge in [0.15, 0.2) is 0 Å². The van der Waals surface area contributed by atoms with E-state index < -0.39 is 0 Å². The summed E-state index contributed by atoms with van der Waals surface area (Å²) in [6.45, 7) is 1.07. The molecule has 3 rings (SSSR count). The van der Waals surface area contributed by atoms with Gasteiger partial charge in [0.05, 0.1) is 0 Å². The number of carbonyl (C=O) groups is 1. The highest BCUT2D eigenvalue weighted by atomic mass is 16.2. The zero-order valence-electron chi connectivity index (χ0n) is 11.4. The standard InChI is InChI=1S/C17H14N2O2/c20-9-3-4-13-7-8-16(18-10-13)17(21)19-11-14-5-1-2-6-15(14)12-19/h1-2,5-8,10,20H,9,11-12H2. The third-order valence-corrected chi connectivity index (χ3v) is 3.42. The topological polar surface area (TPSA) is 53.4 Å². The van der Waals surface area contributed by atoms with Gasteiger partial charge in [-0.25, -0.2) is 4.98 Å². The molecule has 2 aromatic rings. The Morgan fingerprint density at radius 3 is 2.48 bits per heavy atom. The second-order valence-corrected chi connectivity index (χ2v) is 4.82. The van der Waals surface area contributed by atoms with Crippen molar-refractivity contribution in [2.75, 3.05) is 6.61 Å². The number of fused-ring (bicyclic) bond motifs is 1. The molecule has 0 spiro atoms. The monoisotopic (exact) mass is 278 g/mol. The SMILES string of the molecule is O=C(c1ccc(C#CCO)cn1)N1Cc2ccccc2C1. The molecule has 0 fully saturated rings. The molecule has 1 N–H and O–H groups in total. The Bertz CT molecular complexity index is 701. The number of rotatable bonds is 1. The van der Waals surface area contributed by atoms with Crippen LogP contribution in [-0.4, -0.2) is 27.5 Å². The molecule has 1 aliphatic heterocycles. The van der Waals surface area contributed by atoms with Crippen molar-refractivity contribution >= 4 is 5.91 Å². The molecule has 0 saturated heterocycles. The van der Waals surface area contributed by atoms with E-state index in [0.717, 1.165) is 0 Å². The normalized spacial score (nSPS) is 12.5. The van der Waals surface area contributed by atoms with Crippen molar-refractivity contribution in [3.05, 3.63) is 65.0 Å². The van der Waals surface area contributed by atoms with Gasteiger partial charge in [-0.05, 0) is 23.3 Å². The second-order valence-electron chi connectivity index (χ2n) is 4.82. The van der Waals surface area contributed by atoms with E-state index in [4.69, 9.17) is 5.11 Å². The van der Waals surface area contributed by atoms with Gasteiger partial charge in [-0.15, -0.1) is 0 Å². The molecule has 1 aromatic heterocycles. The fourth-order valence-corrected chi connectivity index (χ4v) is 2.37. The van der Waals surface area contributed by atoms with E-state index in [1.165, 1.54) is 11.1 Å². The molecule has 1 amide bonds. The maximum atomic E-state index is 12.4. The Hall–Kier alpha value is -2.64. The van der Waals surface area contributed by atoms with Crippen molar-refractivity contribution in [2.24, 2.45) is 0 Å². The fourth-order valence-electron chi connectivity index (χ4n) is 2.37. The number of aliphatic hydroxyl groups is 1. The minimum Gasteiger partial charge on any atom is -0.384 e. The molecule has 1 aliphatic rings. The van der Waals surface area contributed by atoms with Gasteiger partial charge in [-0.1, -0.05) is 36.1 Å². The summed E-state index contributed by atoms with van der Waals surface area (Å²) in [5, 5.41) is 8.64. The number of nitrogens with zero attached hydrogens (tertiary/aromatic N) is 2. The predicted molar refractivity (Wildman–Crippen MR) is 78.2 cm³/mol. The van der Waals surface area contributed by atoms with Crippen molar-refractivity contribution < 1.29 is 9.90 Å². The smallest absolute Gasteiger partial charge is 0.273 e. The van der Waals surface area contributed by atoms with E-state index in [0.29, 0.717) is 24.3 Å². The van der Waals surface area contributed by atoms with Gasteiger partial charge in [-0.2, -0.15) is 0 Å². The molecule has 104 valence electrons. The number of aliphatic hydroxyl groups excluding tert-OH is 1. The van der Waals surface area contributed by atoms with Crippen LogP contribution in [0.3, 0.4) is 0 Å². The predicted octanol–water partition coefficient (Wildman–Crippen LogP) is 1.58. The largest absolute Gasteiger partial charge is 0.384 e. The molecule has 1 aromatic carbocycles. The van der Waals surface area contributed by atoms with Crippen LogP contribution < -0.4 is 0 Å². The van der Waals surface area contributed by atoms with Gasteiger partial charge in [0.25, 0.3) is 5.91 Å². The van der Waals surface area contributed by atoms with E-state index in [1.807, 2.05) is 24.3 Å². The van der Waals surface area contributed by atoms with Crippen molar-refractivity contribution in [3.63, 3.8) is 0 Å². The molecule has 0 bridgehead atoms. The summed E-state index contributed by atoms with van der Waals surface area (Å²) in [7, 11) is 0. The van der Waals surface area contributed by atoms with Crippen LogP contribution in [0.2, 0.25) is 0 Å². The number of hydrogen-bond acceptors (Lipinski definition) is 3. The Kier molecular flexibility index (Phi) is 3.67. The summed E-state index contributed by atoms with van der Waals surface area (Å²) in [6, 6.07) is 11.5. The highest BCUT2D eigenvalue weighted by molar-refractivity contribution is 5.92. The fraction of sp³-hybridized carbons (Fsp3) is 0.176. The molecule has 0 unspecified atom stereocenters. The van der Waals surface area contributed by atoms with Gasteiger partial charge in [-0.3, -0.25) is 4.79 Å². The third-order valence-electron chi connectivity index (χ3n) is 3.42. The average molecular weight is 278 g/mol. The van der Waals surface area contributed by atoms with Gasteiger partial charge in [0.2, 0.25) is 0 Å². The van der Waals surface area contributed by atoms with Crippen LogP contribution in [0.5, 0.6) is 0 Å². The molecule has 21 heavy (non-hydrogen) atoms. The average Bonchev–Trinajstić information content (AvgIpc) is 2.96. The third kappa shape index (κ3) is 2.78. The van der Waals surface area contributed by atoms with E-state index in [1.54, 1.807) is 23.2 Å². The molecule has 4 nitrogen and oxygen atoms in total. The summed E-state index contributed by atoms with van der Waals surface area (Å²) in [5.41, 5.74) is 3.48. The highest BCUT2D eigenvalue weighted by Crippen LogP contribution is 2.23. The summed E-state index contributed by atoms with van der Waals surface area (Å²) >= 11 is 0. The van der Waals surface area contributed by atoms with Crippen LogP contribution >= 0.6 is 0 Å². The molecule has 2 heterocycles. The zero-order valence-corrected chi connectivity index (χ0v) is 11.4. The first-order valence-corrected chi connectivity index (χ1v) is 6.70. The lowest BCUT2D eigenvalue weighted by atomic mass is 10.1. The second kappa shape index (κ2) is 5.78. The summed E-state index contributed by atoms with van der Waals surface area (Å²) in [5.74, 6) is 5.23. The zero-order chi connectivity index (χ0) is 14.7. The molecule has 4 heteroatoms. The minimum absolute atomic E-state index is 0.0760. The first-order chi connectivity index (χ1) is 10.3. The maximum Gasteiger partial charge on any atom is 0.273 e. The number of hydrogen-bond donors (Lipinski definition) is 1.